The van der Waals surface area contributed by atoms with E-state index in [1.807, 2.05) is 4.90 Å². The number of aliphatic imine (C=N–C) groups is 1. The summed E-state index contributed by atoms with van der Waals surface area (Å²) in [6.07, 6.45) is 3.39. The zero-order valence-corrected chi connectivity index (χ0v) is 17.0. The van der Waals surface area contributed by atoms with Gasteiger partial charge >= 0.3 is 0 Å². The van der Waals surface area contributed by atoms with Crippen LogP contribution in [0.5, 0.6) is 0 Å². The molecular weight excluding hydrogens is 314 g/mol. The van der Waals surface area contributed by atoms with Crippen molar-refractivity contribution >= 4 is 11.9 Å². The lowest BCUT2D eigenvalue weighted by molar-refractivity contribution is -0.128. The van der Waals surface area contributed by atoms with Crippen LogP contribution in [-0.2, 0) is 4.79 Å². The lowest BCUT2D eigenvalue weighted by atomic mass is 10.0. The number of nitrogens with one attached hydrogen (secondary N) is 2. The zero-order chi connectivity index (χ0) is 18.7. The Hall–Kier alpha value is -1.30. The third-order valence-corrected chi connectivity index (χ3v) is 4.75. The molecule has 0 aromatic rings. The molecule has 0 radical (unpaired) electrons. The number of guanidine groups is 1. The van der Waals surface area contributed by atoms with E-state index in [2.05, 4.69) is 55.1 Å². The van der Waals surface area contributed by atoms with Crippen molar-refractivity contribution in [3.8, 4) is 0 Å². The second-order valence-corrected chi connectivity index (χ2v) is 7.17. The molecule has 1 atom stereocenters. The number of likely N-dealkylation sites (tertiary alicyclic amines) is 1. The molecule has 0 aromatic heterocycles. The van der Waals surface area contributed by atoms with Gasteiger partial charge in [-0.15, -0.1) is 0 Å². The molecule has 0 bridgehead atoms. The average Bonchev–Trinajstić information content (AvgIpc) is 3.12. The van der Waals surface area contributed by atoms with Crippen LogP contribution < -0.4 is 10.6 Å². The highest BCUT2D eigenvalue weighted by Crippen LogP contribution is 2.11. The van der Waals surface area contributed by atoms with Gasteiger partial charge in [0.25, 0.3) is 0 Å². The van der Waals surface area contributed by atoms with Crippen molar-refractivity contribution in [1.82, 2.24) is 20.4 Å². The van der Waals surface area contributed by atoms with Gasteiger partial charge in [-0.2, -0.15) is 0 Å². The third-order valence-electron chi connectivity index (χ3n) is 4.75. The predicted molar refractivity (Wildman–Crippen MR) is 106 cm³/mol. The summed E-state index contributed by atoms with van der Waals surface area (Å²) in [5.74, 6) is 1.54. The summed E-state index contributed by atoms with van der Waals surface area (Å²) < 4.78 is 0. The van der Waals surface area contributed by atoms with Crippen molar-refractivity contribution in [2.45, 2.75) is 59.9 Å². The second-order valence-electron chi connectivity index (χ2n) is 7.17. The van der Waals surface area contributed by atoms with E-state index in [0.29, 0.717) is 12.0 Å². The molecule has 1 amide bonds. The third kappa shape index (κ3) is 8.08. The van der Waals surface area contributed by atoms with Crippen LogP contribution in [0.3, 0.4) is 0 Å². The normalized spacial score (nSPS) is 16.6. The Kier molecular flexibility index (Phi) is 10.5. The van der Waals surface area contributed by atoms with E-state index in [1.54, 1.807) is 0 Å². The first-order chi connectivity index (χ1) is 12.0. The molecule has 1 saturated heterocycles. The first kappa shape index (κ1) is 21.7. The molecule has 1 rings (SSSR count). The maximum absolute atomic E-state index is 12.2. The van der Waals surface area contributed by atoms with Crippen LogP contribution in [0, 0.1) is 5.92 Å². The molecule has 1 aliphatic rings. The van der Waals surface area contributed by atoms with E-state index in [9.17, 15) is 4.79 Å². The number of carbonyl (C=O) groups excluding carboxylic acids is 1. The number of likely N-dealkylation sites (N-methyl/N-ethyl adjacent to an activating group) is 1. The monoisotopic (exact) mass is 353 g/mol. The van der Waals surface area contributed by atoms with E-state index in [-0.39, 0.29) is 12.5 Å². The van der Waals surface area contributed by atoms with E-state index in [0.717, 1.165) is 64.5 Å². The van der Waals surface area contributed by atoms with Gasteiger partial charge in [-0.3, -0.25) is 9.69 Å². The molecule has 2 N–H and O–H groups in total. The molecule has 1 aliphatic heterocycles. The van der Waals surface area contributed by atoms with Crippen molar-refractivity contribution < 1.29 is 4.79 Å². The SMILES string of the molecule is CCNC(=NCC(=O)N1CCCC1)NCC(CC(C)C)N(CC)CC. The van der Waals surface area contributed by atoms with Crippen LogP contribution in [0.2, 0.25) is 0 Å². The fourth-order valence-electron chi connectivity index (χ4n) is 3.42. The summed E-state index contributed by atoms with van der Waals surface area (Å²) in [5.41, 5.74) is 0. The smallest absolute Gasteiger partial charge is 0.244 e. The van der Waals surface area contributed by atoms with Gasteiger partial charge in [0.05, 0.1) is 0 Å². The van der Waals surface area contributed by atoms with Crippen LogP contribution in [0.4, 0.5) is 0 Å². The molecule has 6 nitrogen and oxygen atoms in total. The van der Waals surface area contributed by atoms with Crippen LogP contribution in [0.15, 0.2) is 4.99 Å². The quantitative estimate of drug-likeness (QED) is 0.465. The maximum Gasteiger partial charge on any atom is 0.244 e. The van der Waals surface area contributed by atoms with Gasteiger partial charge in [0.1, 0.15) is 6.54 Å². The first-order valence-corrected chi connectivity index (χ1v) is 10.1. The molecule has 0 aliphatic carbocycles. The Labute approximate surface area is 154 Å². The highest BCUT2D eigenvalue weighted by Gasteiger charge is 2.19. The Bertz CT molecular complexity index is 401. The highest BCUT2D eigenvalue weighted by atomic mass is 16.2. The molecule has 1 heterocycles. The van der Waals surface area contributed by atoms with Crippen LogP contribution in [-0.4, -0.2) is 73.5 Å². The minimum atomic E-state index is 0.136. The summed E-state index contributed by atoms with van der Waals surface area (Å²) in [7, 11) is 0. The molecule has 6 heteroatoms. The Morgan fingerprint density at radius 2 is 1.76 bits per heavy atom. The molecule has 0 spiro atoms. The number of amides is 1. The first-order valence-electron chi connectivity index (χ1n) is 10.1. The predicted octanol–water partition coefficient (Wildman–Crippen LogP) is 1.92. The van der Waals surface area contributed by atoms with Gasteiger partial charge in [-0.1, -0.05) is 27.7 Å². The summed E-state index contributed by atoms with van der Waals surface area (Å²) in [6.45, 7) is 16.8. The topological polar surface area (TPSA) is 60.0 Å². The molecule has 25 heavy (non-hydrogen) atoms. The minimum Gasteiger partial charge on any atom is -0.357 e. The number of carbonyl (C=O) groups is 1. The van der Waals surface area contributed by atoms with Gasteiger partial charge in [-0.25, -0.2) is 4.99 Å². The van der Waals surface area contributed by atoms with E-state index >= 15 is 0 Å². The fraction of sp³-hybridized carbons (Fsp3) is 0.895. The largest absolute Gasteiger partial charge is 0.357 e. The number of nitrogens with zero attached hydrogens (tertiary/aromatic N) is 3. The summed E-state index contributed by atoms with van der Waals surface area (Å²) >= 11 is 0. The minimum absolute atomic E-state index is 0.136. The molecule has 1 unspecified atom stereocenters. The van der Waals surface area contributed by atoms with Crippen LogP contribution >= 0.6 is 0 Å². The Morgan fingerprint density at radius 1 is 1.12 bits per heavy atom. The fourth-order valence-corrected chi connectivity index (χ4v) is 3.42. The second kappa shape index (κ2) is 12.1. The van der Waals surface area contributed by atoms with Crippen molar-refractivity contribution in [3.63, 3.8) is 0 Å². The van der Waals surface area contributed by atoms with E-state index in [1.165, 1.54) is 0 Å². The molecular formula is C19H39N5O. The maximum atomic E-state index is 12.2. The van der Waals surface area contributed by atoms with E-state index < -0.39 is 0 Å². The Morgan fingerprint density at radius 3 is 2.28 bits per heavy atom. The lowest BCUT2D eigenvalue weighted by Crippen LogP contribution is -2.48. The average molecular weight is 354 g/mol. The molecule has 0 saturated carbocycles. The zero-order valence-electron chi connectivity index (χ0n) is 17.0. The molecule has 0 aromatic carbocycles. The van der Waals surface area contributed by atoms with Crippen molar-refractivity contribution in [1.29, 1.82) is 0 Å². The van der Waals surface area contributed by atoms with Gasteiger partial charge < -0.3 is 15.5 Å². The summed E-state index contributed by atoms with van der Waals surface area (Å²) in [6, 6.07) is 0.480. The van der Waals surface area contributed by atoms with Gasteiger partial charge in [0.2, 0.25) is 5.91 Å². The number of rotatable bonds is 10. The summed E-state index contributed by atoms with van der Waals surface area (Å²) in [5, 5.41) is 6.71. The molecule has 1 fully saturated rings. The highest BCUT2D eigenvalue weighted by molar-refractivity contribution is 5.85. The number of hydrogen-bond acceptors (Lipinski definition) is 3. The Balaban J connectivity index is 2.60. The van der Waals surface area contributed by atoms with E-state index in [4.69, 9.17) is 0 Å². The standard InChI is InChI=1S/C19H39N5O/c1-6-20-19(22-15-18(25)24-11-9-10-12-24)21-14-17(13-16(4)5)23(7-2)8-3/h16-17H,6-15H2,1-5H3,(H2,20,21,22). The van der Waals surface area contributed by atoms with Crippen molar-refractivity contribution in [2.75, 3.05) is 45.8 Å². The van der Waals surface area contributed by atoms with Gasteiger partial charge in [-0.05, 0) is 45.2 Å². The lowest BCUT2D eigenvalue weighted by Gasteiger charge is -2.31. The van der Waals surface area contributed by atoms with Gasteiger partial charge in [0.15, 0.2) is 5.96 Å². The van der Waals surface area contributed by atoms with Crippen LogP contribution in [0.1, 0.15) is 53.9 Å². The van der Waals surface area contributed by atoms with Crippen molar-refractivity contribution in [3.05, 3.63) is 0 Å². The van der Waals surface area contributed by atoms with Crippen LogP contribution in [0.25, 0.3) is 0 Å². The van der Waals surface area contributed by atoms with Gasteiger partial charge in [0, 0.05) is 32.2 Å². The molecule has 146 valence electrons. The number of hydrogen-bond donors (Lipinski definition) is 2. The summed E-state index contributed by atoms with van der Waals surface area (Å²) in [4.78, 5) is 21.1. The van der Waals surface area contributed by atoms with Crippen molar-refractivity contribution in [2.24, 2.45) is 10.9 Å².